The van der Waals surface area contributed by atoms with E-state index in [4.69, 9.17) is 5.11 Å². The Bertz CT molecular complexity index is 689. The van der Waals surface area contributed by atoms with E-state index in [1.54, 1.807) is 12.1 Å². The number of carbonyl (C=O) groups is 1. The molecule has 1 aromatic heterocycles. The Kier molecular flexibility index (Phi) is 4.57. The number of benzene rings is 1. The van der Waals surface area contributed by atoms with Gasteiger partial charge in [0.1, 0.15) is 11.6 Å². The van der Waals surface area contributed by atoms with Gasteiger partial charge in [-0.3, -0.25) is 0 Å². The molecule has 2 aromatic rings. The fourth-order valence-electron chi connectivity index (χ4n) is 1.76. The molecule has 0 saturated carbocycles. The topological polar surface area (TPSA) is 62.2 Å². The van der Waals surface area contributed by atoms with Crippen LogP contribution in [-0.4, -0.2) is 16.1 Å². The predicted octanol–water partition coefficient (Wildman–Crippen LogP) is 4.55. The van der Waals surface area contributed by atoms with Gasteiger partial charge in [0.05, 0.1) is 11.3 Å². The van der Waals surface area contributed by atoms with Gasteiger partial charge in [0.15, 0.2) is 0 Å². The number of hydrogen-bond acceptors (Lipinski definition) is 3. The van der Waals surface area contributed by atoms with E-state index in [1.165, 1.54) is 18.2 Å². The molecule has 21 heavy (non-hydrogen) atoms. The molecule has 0 unspecified atom stereocenters. The van der Waals surface area contributed by atoms with Crippen LogP contribution >= 0.6 is 15.9 Å². The first-order chi connectivity index (χ1) is 9.86. The Balaban J connectivity index is 2.41. The number of aromatic nitrogens is 1. The van der Waals surface area contributed by atoms with E-state index in [0.717, 1.165) is 0 Å². The minimum Gasteiger partial charge on any atom is -0.478 e. The van der Waals surface area contributed by atoms with Crippen molar-refractivity contribution < 1.29 is 14.3 Å². The van der Waals surface area contributed by atoms with Crippen LogP contribution in [-0.2, 0) is 0 Å². The fourth-order valence-corrected chi connectivity index (χ4v) is 2.10. The second-order valence-electron chi connectivity index (χ2n) is 4.87. The molecule has 0 amide bonds. The molecule has 110 valence electrons. The summed E-state index contributed by atoms with van der Waals surface area (Å²) >= 11 is 3.18. The number of nitrogens with zero attached hydrogens (tertiary/aromatic N) is 1. The van der Waals surface area contributed by atoms with Crippen LogP contribution in [0.3, 0.4) is 0 Å². The number of nitrogens with one attached hydrogen (secondary N) is 1. The van der Waals surface area contributed by atoms with Crippen LogP contribution in [0.1, 0.15) is 35.8 Å². The Morgan fingerprint density at radius 2 is 2.05 bits per heavy atom. The van der Waals surface area contributed by atoms with Gasteiger partial charge < -0.3 is 10.4 Å². The molecule has 6 heteroatoms. The minimum absolute atomic E-state index is 0.0691. The van der Waals surface area contributed by atoms with Crippen molar-refractivity contribution in [2.45, 2.75) is 19.8 Å². The zero-order valence-corrected chi connectivity index (χ0v) is 13.1. The zero-order chi connectivity index (χ0) is 15.6. The number of carboxylic acids is 1. The van der Waals surface area contributed by atoms with E-state index in [-0.39, 0.29) is 17.2 Å². The molecule has 0 fully saturated rings. The maximum absolute atomic E-state index is 13.8. The van der Waals surface area contributed by atoms with E-state index in [0.29, 0.717) is 16.0 Å². The molecule has 2 N–H and O–H groups in total. The van der Waals surface area contributed by atoms with Gasteiger partial charge >= 0.3 is 5.97 Å². The lowest BCUT2D eigenvalue weighted by Gasteiger charge is -2.12. The number of anilines is 2. The van der Waals surface area contributed by atoms with Crippen molar-refractivity contribution in [1.82, 2.24) is 4.98 Å². The summed E-state index contributed by atoms with van der Waals surface area (Å²) in [6, 6.07) is 7.48. The Morgan fingerprint density at radius 1 is 1.33 bits per heavy atom. The number of pyridine rings is 1. The largest absolute Gasteiger partial charge is 0.478 e. The second kappa shape index (κ2) is 6.22. The van der Waals surface area contributed by atoms with Crippen LogP contribution in [0.25, 0.3) is 0 Å². The molecule has 0 aliphatic carbocycles. The van der Waals surface area contributed by atoms with Gasteiger partial charge in [0.25, 0.3) is 0 Å². The molecule has 0 aliphatic heterocycles. The number of halogens is 2. The highest BCUT2D eigenvalue weighted by Crippen LogP contribution is 2.24. The van der Waals surface area contributed by atoms with Gasteiger partial charge in [-0.1, -0.05) is 29.8 Å². The Labute approximate surface area is 130 Å². The van der Waals surface area contributed by atoms with Crippen molar-refractivity contribution in [3.63, 3.8) is 0 Å². The first kappa shape index (κ1) is 15.4. The smallest absolute Gasteiger partial charge is 0.335 e. The molecule has 0 atom stereocenters. The van der Waals surface area contributed by atoms with Crippen molar-refractivity contribution in [1.29, 1.82) is 0 Å². The highest BCUT2D eigenvalue weighted by atomic mass is 79.9. The normalized spacial score (nSPS) is 10.7. The number of aromatic carboxylic acids is 1. The Morgan fingerprint density at radius 3 is 2.62 bits per heavy atom. The number of hydrogen-bond donors (Lipinski definition) is 2. The van der Waals surface area contributed by atoms with E-state index < -0.39 is 11.8 Å². The summed E-state index contributed by atoms with van der Waals surface area (Å²) in [5.41, 5.74) is 0.992. The third kappa shape index (κ3) is 3.78. The summed E-state index contributed by atoms with van der Waals surface area (Å²) in [5.74, 6) is -1.11. The highest BCUT2D eigenvalue weighted by molar-refractivity contribution is 9.10. The van der Waals surface area contributed by atoms with Crippen LogP contribution in [0, 0.1) is 5.82 Å². The minimum atomic E-state index is -1.04. The molecule has 0 radical (unpaired) electrons. The Hall–Kier alpha value is -1.95. The lowest BCUT2D eigenvalue weighted by atomic mass is 10.1. The molecular formula is C15H14BrFN2O2. The molecule has 0 saturated heterocycles. The third-order valence-corrected chi connectivity index (χ3v) is 3.37. The summed E-state index contributed by atoms with van der Waals surface area (Å²) in [4.78, 5) is 15.5. The molecule has 2 rings (SSSR count). The van der Waals surface area contributed by atoms with Crippen LogP contribution < -0.4 is 5.32 Å². The van der Waals surface area contributed by atoms with Gasteiger partial charge in [-0.05, 0) is 36.2 Å². The molecule has 1 heterocycles. The van der Waals surface area contributed by atoms with Gasteiger partial charge in [-0.25, -0.2) is 14.2 Å². The van der Waals surface area contributed by atoms with Crippen molar-refractivity contribution >= 4 is 33.4 Å². The average Bonchev–Trinajstić information content (AvgIpc) is 2.41. The lowest BCUT2D eigenvalue weighted by Crippen LogP contribution is -2.05. The van der Waals surface area contributed by atoms with Gasteiger partial charge in [-0.2, -0.15) is 0 Å². The maximum atomic E-state index is 13.8. The van der Waals surface area contributed by atoms with Gasteiger partial charge in [-0.15, -0.1) is 0 Å². The van der Waals surface area contributed by atoms with E-state index in [9.17, 15) is 9.18 Å². The maximum Gasteiger partial charge on any atom is 0.335 e. The van der Waals surface area contributed by atoms with Crippen molar-refractivity contribution in [3.05, 3.63) is 51.9 Å². The van der Waals surface area contributed by atoms with E-state index in [2.05, 4.69) is 26.2 Å². The standard InChI is InChI=1S/C15H14BrFN2O2/c1-8(2)13-5-9(15(20)21)6-14(19-13)18-12-4-3-10(16)7-11(12)17/h3-8H,1-2H3,(H,18,19)(H,20,21). The average molecular weight is 353 g/mol. The first-order valence-corrected chi connectivity index (χ1v) is 7.13. The summed E-state index contributed by atoms with van der Waals surface area (Å²) in [7, 11) is 0. The van der Waals surface area contributed by atoms with E-state index >= 15 is 0 Å². The summed E-state index contributed by atoms with van der Waals surface area (Å²) in [5, 5.41) is 12.0. The third-order valence-electron chi connectivity index (χ3n) is 2.88. The van der Waals surface area contributed by atoms with E-state index in [1.807, 2.05) is 13.8 Å². The van der Waals surface area contributed by atoms with Crippen LogP contribution in [0.15, 0.2) is 34.8 Å². The predicted molar refractivity (Wildman–Crippen MR) is 82.7 cm³/mol. The monoisotopic (exact) mass is 352 g/mol. The van der Waals surface area contributed by atoms with Gasteiger partial charge in [0.2, 0.25) is 0 Å². The summed E-state index contributed by atoms with van der Waals surface area (Å²) < 4.78 is 14.4. The van der Waals surface area contributed by atoms with Crippen LogP contribution in [0.5, 0.6) is 0 Å². The summed E-state index contributed by atoms with van der Waals surface area (Å²) in [6.45, 7) is 3.83. The molecule has 1 aromatic carbocycles. The highest BCUT2D eigenvalue weighted by Gasteiger charge is 2.12. The zero-order valence-electron chi connectivity index (χ0n) is 11.5. The SMILES string of the molecule is CC(C)c1cc(C(=O)O)cc(Nc2ccc(Br)cc2F)n1. The van der Waals surface area contributed by atoms with Crippen molar-refractivity contribution in [2.24, 2.45) is 0 Å². The fraction of sp³-hybridized carbons (Fsp3) is 0.200. The van der Waals surface area contributed by atoms with Gasteiger partial charge in [0, 0.05) is 10.2 Å². The quantitative estimate of drug-likeness (QED) is 0.847. The van der Waals surface area contributed by atoms with Crippen molar-refractivity contribution in [2.75, 3.05) is 5.32 Å². The number of rotatable bonds is 4. The number of carboxylic acid groups (broad SMARTS) is 1. The molecule has 0 bridgehead atoms. The lowest BCUT2D eigenvalue weighted by molar-refractivity contribution is 0.0696. The second-order valence-corrected chi connectivity index (χ2v) is 5.79. The summed E-state index contributed by atoms with van der Waals surface area (Å²) in [6.07, 6.45) is 0. The van der Waals surface area contributed by atoms with Crippen molar-refractivity contribution in [3.8, 4) is 0 Å². The molecule has 0 aliphatic rings. The van der Waals surface area contributed by atoms with Crippen LogP contribution in [0.4, 0.5) is 15.9 Å². The molecular weight excluding hydrogens is 339 g/mol. The first-order valence-electron chi connectivity index (χ1n) is 6.34. The molecule has 4 nitrogen and oxygen atoms in total. The molecule has 0 spiro atoms. The van der Waals surface area contributed by atoms with Crippen LogP contribution in [0.2, 0.25) is 0 Å².